The first-order valence-corrected chi connectivity index (χ1v) is 5.89. The molecule has 1 aromatic heterocycles. The standard InChI is InChI=1S/C11H11ClN2S/c1-7(13)10-6-15-11(14-10)8-2-4-9(12)5-3-8/h2-7H,13H2,1H3/t7-/m1/s1. The zero-order valence-electron chi connectivity index (χ0n) is 8.27. The number of benzene rings is 1. The van der Waals surface area contributed by atoms with Gasteiger partial charge in [-0.3, -0.25) is 0 Å². The molecular weight excluding hydrogens is 228 g/mol. The van der Waals surface area contributed by atoms with Crippen LogP contribution in [-0.2, 0) is 0 Å². The quantitative estimate of drug-likeness (QED) is 0.870. The lowest BCUT2D eigenvalue weighted by atomic mass is 10.2. The fourth-order valence-corrected chi connectivity index (χ4v) is 2.28. The van der Waals surface area contributed by atoms with E-state index in [2.05, 4.69) is 4.98 Å². The number of halogens is 1. The summed E-state index contributed by atoms with van der Waals surface area (Å²) in [4.78, 5) is 4.46. The smallest absolute Gasteiger partial charge is 0.123 e. The summed E-state index contributed by atoms with van der Waals surface area (Å²) in [7, 11) is 0. The molecule has 4 heteroatoms. The highest BCUT2D eigenvalue weighted by Gasteiger charge is 2.07. The topological polar surface area (TPSA) is 38.9 Å². The van der Waals surface area contributed by atoms with E-state index >= 15 is 0 Å². The fourth-order valence-electron chi connectivity index (χ4n) is 1.22. The monoisotopic (exact) mass is 238 g/mol. The molecule has 0 bridgehead atoms. The zero-order chi connectivity index (χ0) is 10.8. The van der Waals surface area contributed by atoms with Crippen molar-refractivity contribution in [3.63, 3.8) is 0 Å². The molecule has 0 spiro atoms. The van der Waals surface area contributed by atoms with Gasteiger partial charge in [-0.1, -0.05) is 23.7 Å². The third-order valence-electron chi connectivity index (χ3n) is 2.08. The van der Waals surface area contributed by atoms with Crippen molar-refractivity contribution in [2.45, 2.75) is 13.0 Å². The van der Waals surface area contributed by atoms with E-state index < -0.39 is 0 Å². The summed E-state index contributed by atoms with van der Waals surface area (Å²) < 4.78 is 0. The predicted octanol–water partition coefficient (Wildman–Crippen LogP) is 3.48. The van der Waals surface area contributed by atoms with Crippen molar-refractivity contribution in [2.75, 3.05) is 0 Å². The Morgan fingerprint density at radius 2 is 2.00 bits per heavy atom. The first kappa shape index (κ1) is 10.6. The van der Waals surface area contributed by atoms with Crippen molar-refractivity contribution in [3.05, 3.63) is 40.4 Å². The van der Waals surface area contributed by atoms with Crippen molar-refractivity contribution in [1.82, 2.24) is 4.98 Å². The van der Waals surface area contributed by atoms with Gasteiger partial charge in [0.1, 0.15) is 5.01 Å². The minimum atomic E-state index is -0.0118. The first-order chi connectivity index (χ1) is 7.16. The molecule has 0 saturated carbocycles. The molecular formula is C11H11ClN2S. The van der Waals surface area contributed by atoms with Crippen molar-refractivity contribution in [3.8, 4) is 10.6 Å². The maximum absolute atomic E-state index is 5.82. The lowest BCUT2D eigenvalue weighted by Crippen LogP contribution is -2.04. The summed E-state index contributed by atoms with van der Waals surface area (Å²) in [6.07, 6.45) is 0. The average Bonchev–Trinajstić information content (AvgIpc) is 2.68. The second-order valence-corrected chi connectivity index (χ2v) is 4.67. The molecule has 1 atom stereocenters. The van der Waals surface area contributed by atoms with Gasteiger partial charge in [0.15, 0.2) is 0 Å². The molecule has 0 aliphatic rings. The Morgan fingerprint density at radius 3 is 2.53 bits per heavy atom. The van der Waals surface area contributed by atoms with E-state index in [9.17, 15) is 0 Å². The Morgan fingerprint density at radius 1 is 1.33 bits per heavy atom. The zero-order valence-corrected chi connectivity index (χ0v) is 9.85. The van der Waals surface area contributed by atoms with Gasteiger partial charge in [-0.2, -0.15) is 0 Å². The number of aromatic nitrogens is 1. The van der Waals surface area contributed by atoms with Crippen LogP contribution in [0.25, 0.3) is 10.6 Å². The number of nitrogens with zero attached hydrogens (tertiary/aromatic N) is 1. The minimum absolute atomic E-state index is 0.0118. The number of hydrogen-bond donors (Lipinski definition) is 1. The molecule has 0 unspecified atom stereocenters. The third kappa shape index (κ3) is 2.37. The van der Waals surface area contributed by atoms with E-state index in [1.54, 1.807) is 11.3 Å². The molecule has 2 nitrogen and oxygen atoms in total. The summed E-state index contributed by atoms with van der Waals surface area (Å²) in [5.74, 6) is 0. The minimum Gasteiger partial charge on any atom is -0.323 e. The van der Waals surface area contributed by atoms with E-state index in [1.807, 2.05) is 36.6 Å². The average molecular weight is 239 g/mol. The second-order valence-electron chi connectivity index (χ2n) is 3.37. The maximum Gasteiger partial charge on any atom is 0.123 e. The third-order valence-corrected chi connectivity index (χ3v) is 3.24. The van der Waals surface area contributed by atoms with Crippen LogP contribution in [0.2, 0.25) is 5.02 Å². The largest absolute Gasteiger partial charge is 0.323 e. The SMILES string of the molecule is C[C@@H](N)c1csc(-c2ccc(Cl)cc2)n1. The van der Waals surface area contributed by atoms with Crippen LogP contribution in [0.4, 0.5) is 0 Å². The molecule has 0 amide bonds. The highest BCUT2D eigenvalue weighted by atomic mass is 35.5. The van der Waals surface area contributed by atoms with E-state index in [1.165, 1.54) is 0 Å². The van der Waals surface area contributed by atoms with Gasteiger partial charge in [-0.25, -0.2) is 4.98 Å². The van der Waals surface area contributed by atoms with Gasteiger partial charge >= 0.3 is 0 Å². The Kier molecular flexibility index (Phi) is 3.05. The van der Waals surface area contributed by atoms with Crippen LogP contribution in [0.15, 0.2) is 29.6 Å². The van der Waals surface area contributed by atoms with Crippen LogP contribution in [0.3, 0.4) is 0 Å². The molecule has 1 aromatic carbocycles. The van der Waals surface area contributed by atoms with Crippen LogP contribution in [-0.4, -0.2) is 4.98 Å². The van der Waals surface area contributed by atoms with Crippen LogP contribution >= 0.6 is 22.9 Å². The van der Waals surface area contributed by atoms with Gasteiger partial charge in [-0.15, -0.1) is 11.3 Å². The van der Waals surface area contributed by atoms with Crippen LogP contribution in [0.5, 0.6) is 0 Å². The van der Waals surface area contributed by atoms with E-state index in [0.717, 1.165) is 21.3 Å². The lowest BCUT2D eigenvalue weighted by Gasteiger charge is -1.98. The van der Waals surface area contributed by atoms with Gasteiger partial charge in [0.2, 0.25) is 0 Å². The molecule has 78 valence electrons. The van der Waals surface area contributed by atoms with Gasteiger partial charge in [-0.05, 0) is 19.1 Å². The number of hydrogen-bond acceptors (Lipinski definition) is 3. The van der Waals surface area contributed by atoms with Crippen LogP contribution in [0, 0.1) is 0 Å². The van der Waals surface area contributed by atoms with Crippen molar-refractivity contribution < 1.29 is 0 Å². The van der Waals surface area contributed by atoms with Gasteiger partial charge in [0.25, 0.3) is 0 Å². The Labute approximate surface area is 97.7 Å². The van der Waals surface area contributed by atoms with Gasteiger partial charge in [0, 0.05) is 22.0 Å². The van der Waals surface area contributed by atoms with Gasteiger partial charge in [0.05, 0.1) is 5.69 Å². The number of nitrogens with two attached hydrogens (primary N) is 1. The second kappa shape index (κ2) is 4.31. The lowest BCUT2D eigenvalue weighted by molar-refractivity contribution is 0.790. The summed E-state index contributed by atoms with van der Waals surface area (Å²) in [6, 6.07) is 7.65. The molecule has 2 N–H and O–H groups in total. The summed E-state index contributed by atoms with van der Waals surface area (Å²) in [6.45, 7) is 1.93. The Balaban J connectivity index is 2.33. The molecule has 1 heterocycles. The number of rotatable bonds is 2. The highest BCUT2D eigenvalue weighted by molar-refractivity contribution is 7.13. The van der Waals surface area contributed by atoms with Crippen LogP contribution < -0.4 is 5.73 Å². The molecule has 0 aliphatic carbocycles. The molecule has 0 saturated heterocycles. The predicted molar refractivity (Wildman–Crippen MR) is 65.2 cm³/mol. The Bertz CT molecular complexity index is 448. The van der Waals surface area contributed by atoms with E-state index in [-0.39, 0.29) is 6.04 Å². The van der Waals surface area contributed by atoms with Crippen molar-refractivity contribution in [2.24, 2.45) is 5.73 Å². The van der Waals surface area contributed by atoms with E-state index in [0.29, 0.717) is 0 Å². The first-order valence-electron chi connectivity index (χ1n) is 4.64. The highest BCUT2D eigenvalue weighted by Crippen LogP contribution is 2.26. The van der Waals surface area contributed by atoms with Gasteiger partial charge < -0.3 is 5.73 Å². The maximum atomic E-state index is 5.82. The summed E-state index contributed by atoms with van der Waals surface area (Å²) in [5.41, 5.74) is 7.77. The molecule has 0 aliphatic heterocycles. The molecule has 0 radical (unpaired) electrons. The van der Waals surface area contributed by atoms with Crippen LogP contribution in [0.1, 0.15) is 18.7 Å². The molecule has 2 rings (SSSR count). The van der Waals surface area contributed by atoms with Crippen molar-refractivity contribution in [1.29, 1.82) is 0 Å². The summed E-state index contributed by atoms with van der Waals surface area (Å²) >= 11 is 7.42. The fraction of sp³-hybridized carbons (Fsp3) is 0.182. The van der Waals surface area contributed by atoms with E-state index in [4.69, 9.17) is 17.3 Å². The molecule has 0 fully saturated rings. The molecule has 15 heavy (non-hydrogen) atoms. The Hall–Kier alpha value is -0.900. The summed E-state index contributed by atoms with van der Waals surface area (Å²) in [5, 5.41) is 3.72. The molecule has 2 aromatic rings. The van der Waals surface area contributed by atoms with Crippen molar-refractivity contribution >= 4 is 22.9 Å². The normalized spacial score (nSPS) is 12.7. The number of thiazole rings is 1.